The number of benzene rings is 1. The normalized spacial score (nSPS) is 14.4. The number of anilines is 2. The molecule has 0 radical (unpaired) electrons. The second-order valence-corrected chi connectivity index (χ2v) is 6.38. The summed E-state index contributed by atoms with van der Waals surface area (Å²) in [4.78, 5) is 25.8. The van der Waals surface area contributed by atoms with Gasteiger partial charge in [-0.15, -0.1) is 0 Å². The molecule has 1 aromatic carbocycles. The summed E-state index contributed by atoms with van der Waals surface area (Å²) in [5, 5.41) is 9.46. The van der Waals surface area contributed by atoms with Crippen LogP contribution in [0.25, 0.3) is 0 Å². The number of hydrogen-bond donors (Lipinski definition) is 1. The van der Waals surface area contributed by atoms with Crippen LogP contribution in [0.5, 0.6) is 5.75 Å². The Hall–Kier alpha value is -2.63. The monoisotopic (exact) mass is 340 g/mol. The zero-order valence-corrected chi connectivity index (χ0v) is 14.8. The number of carbonyl (C=O) groups excluding carboxylic acids is 1. The Labute approximate surface area is 148 Å². The SMILES string of the molecule is CCCCCc1ncc2c(n1)N(C)CCN(c1ccc(O)cc1)C2=O. The molecule has 0 bridgehead atoms. The highest BCUT2D eigenvalue weighted by atomic mass is 16.3. The molecular weight excluding hydrogens is 316 g/mol. The zero-order valence-electron chi connectivity index (χ0n) is 14.8. The number of rotatable bonds is 5. The predicted molar refractivity (Wildman–Crippen MR) is 98.3 cm³/mol. The van der Waals surface area contributed by atoms with Crippen LogP contribution < -0.4 is 9.80 Å². The third kappa shape index (κ3) is 3.73. The van der Waals surface area contributed by atoms with E-state index in [4.69, 9.17) is 0 Å². The van der Waals surface area contributed by atoms with E-state index < -0.39 is 0 Å². The smallest absolute Gasteiger partial charge is 0.263 e. The lowest BCUT2D eigenvalue weighted by atomic mass is 10.2. The summed E-state index contributed by atoms with van der Waals surface area (Å²) in [6.45, 7) is 3.41. The van der Waals surface area contributed by atoms with Crippen molar-refractivity contribution in [2.45, 2.75) is 32.6 Å². The van der Waals surface area contributed by atoms with E-state index >= 15 is 0 Å². The number of phenols is 1. The lowest BCUT2D eigenvalue weighted by molar-refractivity contribution is 0.0989. The maximum atomic E-state index is 13.0. The summed E-state index contributed by atoms with van der Waals surface area (Å²) in [5.74, 6) is 1.58. The van der Waals surface area contributed by atoms with Gasteiger partial charge < -0.3 is 14.9 Å². The molecule has 1 amide bonds. The molecule has 3 rings (SSSR count). The Morgan fingerprint density at radius 3 is 2.64 bits per heavy atom. The van der Waals surface area contributed by atoms with Gasteiger partial charge in [0.2, 0.25) is 0 Å². The maximum absolute atomic E-state index is 13.0. The molecule has 2 heterocycles. The second kappa shape index (κ2) is 7.51. The lowest BCUT2D eigenvalue weighted by Gasteiger charge is -2.21. The third-order valence-electron chi connectivity index (χ3n) is 4.48. The number of fused-ring (bicyclic) bond motifs is 1. The number of phenolic OH excluding ortho intramolecular Hbond substituents is 1. The van der Waals surface area contributed by atoms with Gasteiger partial charge in [0, 0.05) is 38.4 Å². The molecular formula is C19H24N4O2. The highest BCUT2D eigenvalue weighted by Crippen LogP contribution is 2.26. The topological polar surface area (TPSA) is 69.6 Å². The van der Waals surface area contributed by atoms with E-state index in [-0.39, 0.29) is 11.7 Å². The van der Waals surface area contributed by atoms with E-state index in [0.29, 0.717) is 24.5 Å². The summed E-state index contributed by atoms with van der Waals surface area (Å²) < 4.78 is 0. The van der Waals surface area contributed by atoms with Gasteiger partial charge in [0.05, 0.1) is 0 Å². The van der Waals surface area contributed by atoms with Crippen LogP contribution in [0.3, 0.4) is 0 Å². The van der Waals surface area contributed by atoms with Crippen molar-refractivity contribution in [1.82, 2.24) is 9.97 Å². The molecule has 25 heavy (non-hydrogen) atoms. The number of carbonyl (C=O) groups is 1. The minimum atomic E-state index is -0.106. The summed E-state index contributed by atoms with van der Waals surface area (Å²) in [6, 6.07) is 6.67. The molecule has 0 atom stereocenters. The molecule has 0 aliphatic carbocycles. The fourth-order valence-corrected chi connectivity index (χ4v) is 2.99. The molecule has 1 N–H and O–H groups in total. The van der Waals surface area contributed by atoms with Crippen LogP contribution in [-0.4, -0.2) is 41.1 Å². The van der Waals surface area contributed by atoms with Gasteiger partial charge in [-0.1, -0.05) is 19.8 Å². The lowest BCUT2D eigenvalue weighted by Crippen LogP contribution is -2.33. The molecule has 0 spiro atoms. The van der Waals surface area contributed by atoms with E-state index in [1.54, 1.807) is 35.4 Å². The average Bonchev–Trinajstić information content (AvgIpc) is 2.74. The molecule has 1 aliphatic heterocycles. The molecule has 0 unspecified atom stereocenters. The second-order valence-electron chi connectivity index (χ2n) is 6.38. The van der Waals surface area contributed by atoms with Crippen molar-refractivity contribution in [3.05, 3.63) is 41.9 Å². The number of aromatic nitrogens is 2. The summed E-state index contributed by atoms with van der Waals surface area (Å²) in [7, 11) is 1.95. The fourth-order valence-electron chi connectivity index (χ4n) is 2.99. The van der Waals surface area contributed by atoms with E-state index in [9.17, 15) is 9.90 Å². The fraction of sp³-hybridized carbons (Fsp3) is 0.421. The van der Waals surface area contributed by atoms with Crippen LogP contribution in [0.4, 0.5) is 11.5 Å². The van der Waals surface area contributed by atoms with Gasteiger partial charge in [-0.3, -0.25) is 4.79 Å². The number of hydrogen-bond acceptors (Lipinski definition) is 5. The van der Waals surface area contributed by atoms with Gasteiger partial charge in [0.15, 0.2) is 0 Å². The summed E-state index contributed by atoms with van der Waals surface area (Å²) >= 11 is 0. The Kier molecular flexibility index (Phi) is 5.16. The van der Waals surface area contributed by atoms with Crippen molar-refractivity contribution >= 4 is 17.4 Å². The van der Waals surface area contributed by atoms with Crippen molar-refractivity contribution in [3.63, 3.8) is 0 Å². The van der Waals surface area contributed by atoms with Crippen LogP contribution in [0, 0.1) is 0 Å². The minimum Gasteiger partial charge on any atom is -0.508 e. The predicted octanol–water partition coefficient (Wildman–Crippen LogP) is 3.01. The zero-order chi connectivity index (χ0) is 17.8. The molecule has 1 aromatic heterocycles. The Balaban J connectivity index is 1.89. The molecule has 1 aliphatic rings. The first-order chi connectivity index (χ1) is 12.1. The minimum absolute atomic E-state index is 0.106. The molecule has 0 saturated heterocycles. The molecule has 0 saturated carbocycles. The molecule has 6 heteroatoms. The highest BCUT2D eigenvalue weighted by molar-refractivity contribution is 6.09. The van der Waals surface area contributed by atoms with Crippen LogP contribution in [0.15, 0.2) is 30.5 Å². The van der Waals surface area contributed by atoms with E-state index in [1.807, 2.05) is 11.9 Å². The van der Waals surface area contributed by atoms with Gasteiger partial charge >= 0.3 is 0 Å². The molecule has 0 fully saturated rings. The van der Waals surface area contributed by atoms with Crippen LogP contribution in [0.1, 0.15) is 42.4 Å². The largest absolute Gasteiger partial charge is 0.508 e. The van der Waals surface area contributed by atoms with E-state index in [2.05, 4.69) is 16.9 Å². The first-order valence-corrected chi connectivity index (χ1v) is 8.78. The molecule has 6 nitrogen and oxygen atoms in total. The van der Waals surface area contributed by atoms with Gasteiger partial charge in [-0.2, -0.15) is 0 Å². The van der Waals surface area contributed by atoms with E-state index in [1.165, 1.54) is 0 Å². The maximum Gasteiger partial charge on any atom is 0.263 e. The van der Waals surface area contributed by atoms with Crippen molar-refractivity contribution in [1.29, 1.82) is 0 Å². The van der Waals surface area contributed by atoms with Crippen molar-refractivity contribution < 1.29 is 9.90 Å². The number of aryl methyl sites for hydroxylation is 1. The van der Waals surface area contributed by atoms with Gasteiger partial charge in [-0.05, 0) is 30.7 Å². The first-order valence-electron chi connectivity index (χ1n) is 8.78. The molecule has 132 valence electrons. The third-order valence-corrected chi connectivity index (χ3v) is 4.48. The van der Waals surface area contributed by atoms with Crippen LogP contribution >= 0.6 is 0 Å². The first kappa shape index (κ1) is 17.2. The Morgan fingerprint density at radius 2 is 1.92 bits per heavy atom. The number of unbranched alkanes of at least 4 members (excludes halogenated alkanes) is 2. The van der Waals surface area contributed by atoms with E-state index in [0.717, 1.165) is 37.2 Å². The average molecular weight is 340 g/mol. The van der Waals surface area contributed by atoms with Crippen LogP contribution in [-0.2, 0) is 6.42 Å². The number of likely N-dealkylation sites (N-methyl/N-ethyl adjacent to an activating group) is 1. The Bertz CT molecular complexity index is 746. The quantitative estimate of drug-likeness (QED) is 0.847. The van der Waals surface area contributed by atoms with Gasteiger partial charge in [0.25, 0.3) is 5.91 Å². The standard InChI is InChI=1S/C19H24N4O2/c1-3-4-5-6-17-20-13-16-18(21-17)22(2)11-12-23(19(16)25)14-7-9-15(24)10-8-14/h7-10,13,24H,3-6,11-12H2,1-2H3. The van der Waals surface area contributed by atoms with Gasteiger partial charge in [-0.25, -0.2) is 9.97 Å². The number of aromatic hydroxyl groups is 1. The van der Waals surface area contributed by atoms with Crippen molar-refractivity contribution in [3.8, 4) is 5.75 Å². The highest BCUT2D eigenvalue weighted by Gasteiger charge is 2.27. The van der Waals surface area contributed by atoms with Gasteiger partial charge in [0.1, 0.15) is 23.0 Å². The van der Waals surface area contributed by atoms with Crippen molar-refractivity contribution in [2.75, 3.05) is 29.9 Å². The number of nitrogens with zero attached hydrogens (tertiary/aromatic N) is 4. The summed E-state index contributed by atoms with van der Waals surface area (Å²) in [6.07, 6.45) is 5.87. The summed E-state index contributed by atoms with van der Waals surface area (Å²) in [5.41, 5.74) is 1.28. The van der Waals surface area contributed by atoms with Crippen molar-refractivity contribution in [2.24, 2.45) is 0 Å². The van der Waals surface area contributed by atoms with Crippen LogP contribution in [0.2, 0.25) is 0 Å². The Morgan fingerprint density at radius 1 is 1.16 bits per heavy atom. The molecule has 2 aromatic rings. The number of amides is 1.